The molecule has 0 aliphatic heterocycles. The Kier molecular flexibility index (Phi) is 7.04. The summed E-state index contributed by atoms with van der Waals surface area (Å²) in [6, 6.07) is 4.55. The van der Waals surface area contributed by atoms with Crippen molar-refractivity contribution in [2.45, 2.75) is 66.8 Å². The van der Waals surface area contributed by atoms with Gasteiger partial charge in [0.15, 0.2) is 18.9 Å². The fourth-order valence-electron chi connectivity index (χ4n) is 2.38. The van der Waals surface area contributed by atoms with Crippen molar-refractivity contribution in [3.63, 3.8) is 0 Å². The minimum Gasteiger partial charge on any atom is -0.371 e. The van der Waals surface area contributed by atoms with Crippen LogP contribution in [0.1, 0.15) is 60.3 Å². The van der Waals surface area contributed by atoms with Crippen molar-refractivity contribution in [2.24, 2.45) is 5.41 Å². The quantitative estimate of drug-likeness (QED) is 0.638. The fraction of sp³-hybridized carbons (Fsp3) is 0.722. The fourth-order valence-corrected chi connectivity index (χ4v) is 2.38. The van der Waals surface area contributed by atoms with Crippen LogP contribution in [0.25, 0.3) is 0 Å². The van der Waals surface area contributed by atoms with Gasteiger partial charge in [0.05, 0.1) is 0 Å². The van der Waals surface area contributed by atoms with Gasteiger partial charge >= 0.3 is 0 Å². The maximum Gasteiger partial charge on any atom is 0.170 e. The second kappa shape index (κ2) is 8.28. The number of aromatic nitrogens is 1. The highest BCUT2D eigenvalue weighted by Crippen LogP contribution is 2.16. The van der Waals surface area contributed by atoms with Crippen molar-refractivity contribution in [2.75, 3.05) is 18.0 Å². The summed E-state index contributed by atoms with van der Waals surface area (Å²) in [5.74, 6) is 0. The van der Waals surface area contributed by atoms with Gasteiger partial charge in [-0.05, 0) is 12.8 Å². The summed E-state index contributed by atoms with van der Waals surface area (Å²) in [7, 11) is 0. The number of hydrogen-bond donors (Lipinski definition) is 0. The molecule has 0 radical (unpaired) electrons. The first-order valence-corrected chi connectivity index (χ1v) is 8.20. The molecule has 1 aromatic rings. The lowest BCUT2D eigenvalue weighted by atomic mass is 9.97. The molecule has 1 heterocycles. The average Bonchev–Trinajstić information content (AvgIpc) is 2.38. The van der Waals surface area contributed by atoms with E-state index in [0.717, 1.165) is 6.54 Å². The lowest BCUT2D eigenvalue weighted by molar-refractivity contribution is -0.708. The molecule has 0 saturated heterocycles. The summed E-state index contributed by atoms with van der Waals surface area (Å²) in [5.41, 5.74) is 1.70. The van der Waals surface area contributed by atoms with E-state index >= 15 is 0 Å². The number of hydrogen-bond acceptors (Lipinski definition) is 1. The zero-order valence-electron chi connectivity index (χ0n) is 14.2. The molecular weight excluding hydrogens is 244 g/mol. The maximum absolute atomic E-state index is 2.54. The first-order valence-electron chi connectivity index (χ1n) is 8.20. The summed E-state index contributed by atoms with van der Waals surface area (Å²) < 4.78 is 2.29. The molecule has 0 unspecified atom stereocenters. The zero-order chi connectivity index (χ0) is 15.0. The minimum atomic E-state index is 0.330. The molecule has 0 fully saturated rings. The van der Waals surface area contributed by atoms with Gasteiger partial charge in [0.1, 0.15) is 0 Å². The van der Waals surface area contributed by atoms with Crippen LogP contribution in [0.3, 0.4) is 0 Å². The van der Waals surface area contributed by atoms with Crippen molar-refractivity contribution < 1.29 is 4.57 Å². The summed E-state index contributed by atoms with van der Waals surface area (Å²) in [4.78, 5) is 2.54. The Morgan fingerprint density at radius 3 is 1.85 bits per heavy atom. The molecule has 2 nitrogen and oxygen atoms in total. The lowest BCUT2D eigenvalue weighted by Gasteiger charge is -2.24. The maximum atomic E-state index is 2.54. The van der Waals surface area contributed by atoms with Gasteiger partial charge in [-0.2, -0.15) is 0 Å². The van der Waals surface area contributed by atoms with E-state index < -0.39 is 0 Å². The topological polar surface area (TPSA) is 7.12 Å². The van der Waals surface area contributed by atoms with E-state index in [2.05, 4.69) is 68.6 Å². The van der Waals surface area contributed by atoms with Gasteiger partial charge in [-0.25, -0.2) is 4.57 Å². The lowest BCUT2D eigenvalue weighted by Crippen LogP contribution is -2.39. The molecule has 0 aliphatic carbocycles. The summed E-state index contributed by atoms with van der Waals surface area (Å²) in [6.07, 6.45) is 9.54. The molecule has 0 N–H and O–H groups in total. The molecule has 0 aromatic carbocycles. The number of rotatable bonds is 8. The van der Waals surface area contributed by atoms with Crippen LogP contribution in [-0.4, -0.2) is 13.1 Å². The molecule has 0 bridgehead atoms. The largest absolute Gasteiger partial charge is 0.371 e. The predicted molar refractivity (Wildman–Crippen MR) is 88.1 cm³/mol. The van der Waals surface area contributed by atoms with Gasteiger partial charge < -0.3 is 4.90 Å². The molecule has 114 valence electrons. The Labute approximate surface area is 125 Å². The molecule has 0 aliphatic rings. The number of pyridine rings is 1. The number of nitrogens with zero attached hydrogens (tertiary/aromatic N) is 2. The summed E-state index contributed by atoms with van der Waals surface area (Å²) >= 11 is 0. The zero-order valence-corrected chi connectivity index (χ0v) is 14.2. The predicted octanol–water partition coefficient (Wildman–Crippen LogP) is 4.43. The molecule has 1 rings (SSSR count). The van der Waals surface area contributed by atoms with E-state index in [9.17, 15) is 0 Å². The molecule has 0 atom stereocenters. The third-order valence-electron chi connectivity index (χ3n) is 3.46. The van der Waals surface area contributed by atoms with Gasteiger partial charge in [0.2, 0.25) is 0 Å². The van der Waals surface area contributed by atoms with Crippen LogP contribution in [0, 0.1) is 5.41 Å². The molecule has 0 saturated carbocycles. The van der Waals surface area contributed by atoms with Gasteiger partial charge in [0.25, 0.3) is 0 Å². The second-order valence-electron chi connectivity index (χ2n) is 6.98. The molecule has 1 aromatic heterocycles. The highest BCUT2D eigenvalue weighted by atomic mass is 15.1. The Bertz CT molecular complexity index is 354. The average molecular weight is 277 g/mol. The Hall–Kier alpha value is -1.05. The van der Waals surface area contributed by atoms with E-state index in [0.29, 0.717) is 5.41 Å². The first kappa shape index (κ1) is 17.0. The third kappa shape index (κ3) is 6.40. The van der Waals surface area contributed by atoms with Crippen molar-refractivity contribution in [1.29, 1.82) is 0 Å². The highest BCUT2D eigenvalue weighted by Gasteiger charge is 2.17. The van der Waals surface area contributed by atoms with Crippen molar-refractivity contribution in [3.05, 3.63) is 24.5 Å². The minimum absolute atomic E-state index is 0.330. The van der Waals surface area contributed by atoms with Gasteiger partial charge in [-0.15, -0.1) is 0 Å². The van der Waals surface area contributed by atoms with Crippen molar-refractivity contribution in [1.82, 2.24) is 0 Å². The van der Waals surface area contributed by atoms with Crippen LogP contribution >= 0.6 is 0 Å². The van der Waals surface area contributed by atoms with Crippen LogP contribution in [0.5, 0.6) is 0 Å². The molecular formula is C18H33N2+. The van der Waals surface area contributed by atoms with E-state index in [1.54, 1.807) is 0 Å². The van der Waals surface area contributed by atoms with E-state index in [1.807, 2.05) is 0 Å². The first-order chi connectivity index (χ1) is 9.46. The normalized spacial score (nSPS) is 11.7. The molecule has 20 heavy (non-hydrogen) atoms. The van der Waals surface area contributed by atoms with Crippen LogP contribution in [0.15, 0.2) is 24.5 Å². The van der Waals surface area contributed by atoms with Crippen LogP contribution in [0.4, 0.5) is 5.69 Å². The van der Waals surface area contributed by atoms with Crippen molar-refractivity contribution >= 4 is 5.69 Å². The Balaban J connectivity index is 2.70. The highest BCUT2D eigenvalue weighted by molar-refractivity contribution is 5.43. The van der Waals surface area contributed by atoms with Gasteiger partial charge in [-0.3, -0.25) is 0 Å². The third-order valence-corrected chi connectivity index (χ3v) is 3.46. The Morgan fingerprint density at radius 1 is 0.950 bits per heavy atom. The van der Waals surface area contributed by atoms with Crippen LogP contribution < -0.4 is 9.47 Å². The summed E-state index contributed by atoms with van der Waals surface area (Å²) in [6.45, 7) is 14.8. The molecule has 0 amide bonds. The Morgan fingerprint density at radius 2 is 1.45 bits per heavy atom. The van der Waals surface area contributed by atoms with Crippen LogP contribution in [0.2, 0.25) is 0 Å². The van der Waals surface area contributed by atoms with Crippen LogP contribution in [-0.2, 0) is 6.54 Å². The SMILES string of the molecule is CCCCN(CCCC)c1cc[n+](CC(C)(C)C)cc1. The molecule has 2 heteroatoms. The number of unbranched alkanes of at least 4 members (excludes halogenated alkanes) is 2. The van der Waals surface area contributed by atoms with Crippen molar-refractivity contribution in [3.8, 4) is 0 Å². The number of anilines is 1. The second-order valence-corrected chi connectivity index (χ2v) is 6.98. The standard InChI is InChI=1S/C18H33N2/c1-6-8-12-20(13-9-7-2)17-10-14-19(15-11-17)16-18(3,4)5/h10-11,14-15H,6-9,12-13,16H2,1-5H3/q+1. The smallest absolute Gasteiger partial charge is 0.170 e. The van der Waals surface area contributed by atoms with Gasteiger partial charge in [-0.1, -0.05) is 47.5 Å². The summed E-state index contributed by atoms with van der Waals surface area (Å²) in [5, 5.41) is 0. The van der Waals surface area contributed by atoms with E-state index in [-0.39, 0.29) is 0 Å². The van der Waals surface area contributed by atoms with E-state index in [1.165, 1.54) is 44.5 Å². The van der Waals surface area contributed by atoms with Gasteiger partial charge in [0, 0.05) is 36.3 Å². The monoisotopic (exact) mass is 277 g/mol. The van der Waals surface area contributed by atoms with E-state index in [4.69, 9.17) is 0 Å². The molecule has 0 spiro atoms.